The molecule has 32 heavy (non-hydrogen) atoms. The number of piperidine rings is 1. The summed E-state index contributed by atoms with van der Waals surface area (Å²) in [6.45, 7) is 7.38. The molecular formula is C26H36N4O2. The second-order valence-corrected chi connectivity index (χ2v) is 9.73. The van der Waals surface area contributed by atoms with E-state index in [0.29, 0.717) is 36.7 Å². The number of carbonyl (C=O) groups is 1. The summed E-state index contributed by atoms with van der Waals surface area (Å²) in [6, 6.07) is 10.4. The maximum atomic E-state index is 12.7. The topological polar surface area (TPSA) is 78.1 Å². The molecule has 0 bridgehead atoms. The molecule has 1 aromatic carbocycles. The summed E-state index contributed by atoms with van der Waals surface area (Å²) in [7, 11) is 0. The Morgan fingerprint density at radius 3 is 2.53 bits per heavy atom. The van der Waals surface area contributed by atoms with Gasteiger partial charge in [-0.15, -0.1) is 0 Å². The fraction of sp³-hybridized carbons (Fsp3) is 0.577. The highest BCUT2D eigenvalue weighted by Crippen LogP contribution is 2.24. The normalized spacial score (nSPS) is 20.0. The van der Waals surface area contributed by atoms with Gasteiger partial charge >= 0.3 is 0 Å². The summed E-state index contributed by atoms with van der Waals surface area (Å²) in [4.78, 5) is 35.5. The molecule has 1 atom stereocenters. The van der Waals surface area contributed by atoms with Crippen LogP contribution in [-0.2, 0) is 17.6 Å². The van der Waals surface area contributed by atoms with Crippen molar-refractivity contribution in [1.29, 1.82) is 0 Å². The first-order valence-electron chi connectivity index (χ1n) is 12.2. The number of H-pyrrole nitrogens is 1. The number of hydrogen-bond donors (Lipinski definition) is 2. The predicted octanol–water partition coefficient (Wildman–Crippen LogP) is 3.56. The smallest absolute Gasteiger partial charge is 0.254 e. The van der Waals surface area contributed by atoms with Crippen LogP contribution in [0.15, 0.2) is 35.1 Å². The fourth-order valence-electron chi connectivity index (χ4n) is 5.05. The van der Waals surface area contributed by atoms with Crippen molar-refractivity contribution in [2.45, 2.75) is 64.8 Å². The van der Waals surface area contributed by atoms with Gasteiger partial charge < -0.3 is 15.2 Å². The Hall–Kier alpha value is -2.47. The van der Waals surface area contributed by atoms with Gasteiger partial charge in [-0.2, -0.15) is 0 Å². The molecule has 172 valence electrons. The minimum Gasteiger partial charge on any atom is -0.356 e. The van der Waals surface area contributed by atoms with E-state index in [1.165, 1.54) is 0 Å². The van der Waals surface area contributed by atoms with E-state index >= 15 is 0 Å². The van der Waals surface area contributed by atoms with E-state index in [9.17, 15) is 9.59 Å². The lowest BCUT2D eigenvalue weighted by molar-refractivity contribution is -0.122. The van der Waals surface area contributed by atoms with Crippen LogP contribution in [0.4, 0.5) is 0 Å². The van der Waals surface area contributed by atoms with Gasteiger partial charge in [0.05, 0.1) is 5.69 Å². The third-order valence-corrected chi connectivity index (χ3v) is 7.18. The maximum Gasteiger partial charge on any atom is 0.254 e. The number of aryl methyl sites for hydroxylation is 1. The van der Waals surface area contributed by atoms with Gasteiger partial charge in [0.15, 0.2) is 0 Å². The molecule has 0 radical (unpaired) electrons. The first-order chi connectivity index (χ1) is 15.5. The number of likely N-dealkylation sites (tertiary alicyclic amines) is 1. The maximum absolute atomic E-state index is 12.7. The lowest BCUT2D eigenvalue weighted by atomic mass is 9.92. The van der Waals surface area contributed by atoms with Gasteiger partial charge in [-0.3, -0.25) is 9.59 Å². The Kier molecular flexibility index (Phi) is 7.40. The van der Waals surface area contributed by atoms with Gasteiger partial charge in [0, 0.05) is 30.1 Å². The van der Waals surface area contributed by atoms with Crippen LogP contribution in [0.1, 0.15) is 57.2 Å². The zero-order valence-corrected chi connectivity index (χ0v) is 19.4. The van der Waals surface area contributed by atoms with E-state index in [0.717, 1.165) is 68.4 Å². The van der Waals surface area contributed by atoms with Crippen molar-refractivity contribution in [3.8, 4) is 11.4 Å². The summed E-state index contributed by atoms with van der Waals surface area (Å²) < 4.78 is 0. The highest BCUT2D eigenvalue weighted by Gasteiger charge is 2.24. The Balaban J connectivity index is 1.28. The molecule has 1 aliphatic heterocycles. The number of benzene rings is 1. The molecule has 1 aromatic heterocycles. The average Bonchev–Trinajstić information content (AvgIpc) is 3.01. The zero-order chi connectivity index (χ0) is 22.5. The zero-order valence-electron chi connectivity index (χ0n) is 19.4. The van der Waals surface area contributed by atoms with E-state index in [2.05, 4.69) is 29.0 Å². The Morgan fingerprint density at radius 1 is 1.09 bits per heavy atom. The monoisotopic (exact) mass is 436 g/mol. The van der Waals surface area contributed by atoms with Gasteiger partial charge in [0.2, 0.25) is 5.91 Å². The number of carbonyl (C=O) groups excluding carboxylic acids is 1. The van der Waals surface area contributed by atoms with Gasteiger partial charge in [0.1, 0.15) is 5.82 Å². The largest absolute Gasteiger partial charge is 0.356 e. The molecule has 0 saturated carbocycles. The van der Waals surface area contributed by atoms with Gasteiger partial charge in [-0.1, -0.05) is 30.3 Å². The first-order valence-corrected chi connectivity index (χ1v) is 12.2. The van der Waals surface area contributed by atoms with Crippen LogP contribution >= 0.6 is 0 Å². The number of aromatic amines is 1. The first kappa shape index (κ1) is 22.7. The van der Waals surface area contributed by atoms with Crippen LogP contribution in [-0.4, -0.2) is 46.5 Å². The highest BCUT2D eigenvalue weighted by molar-refractivity contribution is 5.76. The molecule has 1 aliphatic carbocycles. The summed E-state index contributed by atoms with van der Waals surface area (Å²) in [5.41, 5.74) is 2.64. The number of rotatable bonds is 6. The van der Waals surface area contributed by atoms with Crippen LogP contribution in [0.5, 0.6) is 0 Å². The lowest BCUT2D eigenvalue weighted by Crippen LogP contribution is -2.40. The molecule has 2 N–H and O–H groups in total. The van der Waals surface area contributed by atoms with Crippen LogP contribution in [0.2, 0.25) is 0 Å². The Bertz CT molecular complexity index is 962. The van der Waals surface area contributed by atoms with E-state index < -0.39 is 0 Å². The quantitative estimate of drug-likeness (QED) is 0.679. The molecule has 1 fully saturated rings. The van der Waals surface area contributed by atoms with Gasteiger partial charge in [-0.05, 0) is 77.3 Å². The van der Waals surface area contributed by atoms with Crippen molar-refractivity contribution in [2.24, 2.45) is 11.8 Å². The second-order valence-electron chi connectivity index (χ2n) is 9.73. The third-order valence-electron chi connectivity index (χ3n) is 7.18. The molecule has 1 saturated heterocycles. The minimum atomic E-state index is -0.0220. The predicted molar refractivity (Wildman–Crippen MR) is 127 cm³/mol. The lowest BCUT2D eigenvalue weighted by Gasteiger charge is -2.34. The van der Waals surface area contributed by atoms with Crippen molar-refractivity contribution in [1.82, 2.24) is 20.2 Å². The molecule has 2 aromatic rings. The fourth-order valence-corrected chi connectivity index (χ4v) is 5.05. The molecule has 6 heteroatoms. The Labute approximate surface area is 190 Å². The number of nitrogens with one attached hydrogen (secondary N) is 2. The van der Waals surface area contributed by atoms with E-state index in [-0.39, 0.29) is 11.5 Å². The number of hydrogen-bond acceptors (Lipinski definition) is 4. The standard InChI is InChI=1S/C26H36N4O2/c1-18(2)30-14-12-19(13-15-30)16-24(31)27-17-20-8-10-22-23(11-9-20)28-25(29-26(22)32)21-6-4-3-5-7-21/h3-7,18-20H,8-17H2,1-2H3,(H,27,31)(H,28,29,32). The molecule has 2 aliphatic rings. The number of aromatic nitrogens is 2. The van der Waals surface area contributed by atoms with Crippen molar-refractivity contribution in [3.63, 3.8) is 0 Å². The molecule has 6 nitrogen and oxygen atoms in total. The number of fused-ring (bicyclic) bond motifs is 1. The third kappa shape index (κ3) is 5.66. The number of nitrogens with zero attached hydrogens (tertiary/aromatic N) is 2. The summed E-state index contributed by atoms with van der Waals surface area (Å²) in [5.74, 6) is 1.71. The van der Waals surface area contributed by atoms with Crippen molar-refractivity contribution >= 4 is 5.91 Å². The van der Waals surface area contributed by atoms with Gasteiger partial charge in [-0.25, -0.2) is 4.98 Å². The van der Waals surface area contributed by atoms with Crippen molar-refractivity contribution in [3.05, 3.63) is 51.9 Å². The summed E-state index contributed by atoms with van der Waals surface area (Å²) >= 11 is 0. The average molecular weight is 437 g/mol. The molecule has 1 unspecified atom stereocenters. The molecule has 0 spiro atoms. The van der Waals surface area contributed by atoms with E-state index in [1.807, 2.05) is 30.3 Å². The van der Waals surface area contributed by atoms with Crippen LogP contribution in [0, 0.1) is 11.8 Å². The summed E-state index contributed by atoms with van der Waals surface area (Å²) in [5, 5.41) is 3.18. The number of amides is 1. The molecule has 1 amide bonds. The van der Waals surface area contributed by atoms with Crippen molar-refractivity contribution in [2.75, 3.05) is 19.6 Å². The van der Waals surface area contributed by atoms with Crippen molar-refractivity contribution < 1.29 is 4.79 Å². The summed E-state index contributed by atoms with van der Waals surface area (Å²) in [6.07, 6.45) is 6.24. The SMILES string of the molecule is CC(C)N1CCC(CC(=O)NCC2CCc3nc(-c4ccccc4)[nH]c(=O)c3CC2)CC1. The molecule has 2 heterocycles. The van der Waals surface area contributed by atoms with Crippen LogP contribution < -0.4 is 10.9 Å². The van der Waals surface area contributed by atoms with E-state index in [4.69, 9.17) is 4.98 Å². The van der Waals surface area contributed by atoms with Crippen LogP contribution in [0.25, 0.3) is 11.4 Å². The second kappa shape index (κ2) is 10.4. The van der Waals surface area contributed by atoms with Crippen LogP contribution in [0.3, 0.4) is 0 Å². The highest BCUT2D eigenvalue weighted by atomic mass is 16.1. The van der Waals surface area contributed by atoms with E-state index in [1.54, 1.807) is 0 Å². The minimum absolute atomic E-state index is 0.0220. The molecular weight excluding hydrogens is 400 g/mol. The van der Waals surface area contributed by atoms with Gasteiger partial charge in [0.25, 0.3) is 5.56 Å². The molecule has 4 rings (SSSR count). The Morgan fingerprint density at radius 2 is 1.81 bits per heavy atom.